The van der Waals surface area contributed by atoms with E-state index in [2.05, 4.69) is 10.2 Å². The molecule has 134 valence electrons. The summed E-state index contributed by atoms with van der Waals surface area (Å²) in [6.07, 6.45) is 1.21. The molecule has 2 fully saturated rings. The molecule has 3 rings (SSSR count). The van der Waals surface area contributed by atoms with Crippen molar-refractivity contribution in [2.75, 3.05) is 53.5 Å². The van der Waals surface area contributed by atoms with Crippen LogP contribution in [-0.2, 0) is 0 Å². The number of methoxy groups -OCH3 is 2. The molecule has 0 radical (unpaired) electrons. The second kappa shape index (κ2) is 8.55. The van der Waals surface area contributed by atoms with Gasteiger partial charge < -0.3 is 19.7 Å². The van der Waals surface area contributed by atoms with Gasteiger partial charge >= 0.3 is 0 Å². The van der Waals surface area contributed by atoms with Gasteiger partial charge in [0.15, 0.2) is 11.5 Å². The fourth-order valence-corrected chi connectivity index (χ4v) is 3.47. The summed E-state index contributed by atoms with van der Waals surface area (Å²) in [5.74, 6) is 1.13. The third kappa shape index (κ3) is 3.77. The molecular formula is C17H26ClN3O3. The van der Waals surface area contributed by atoms with Crippen molar-refractivity contribution in [2.45, 2.75) is 12.5 Å². The molecule has 0 spiro atoms. The number of carbonyl (C=O) groups is 1. The van der Waals surface area contributed by atoms with Gasteiger partial charge in [0.25, 0.3) is 5.91 Å². The average Bonchev–Trinajstić information content (AvgIpc) is 3.15. The Kier molecular flexibility index (Phi) is 6.71. The Hall–Kier alpha value is -1.50. The van der Waals surface area contributed by atoms with E-state index in [0.29, 0.717) is 23.1 Å². The number of halogens is 1. The van der Waals surface area contributed by atoms with Crippen LogP contribution < -0.4 is 14.8 Å². The third-order valence-electron chi connectivity index (χ3n) is 4.79. The summed E-state index contributed by atoms with van der Waals surface area (Å²) < 4.78 is 10.7. The number of hydrogen-bond acceptors (Lipinski definition) is 5. The number of nitrogens with zero attached hydrogens (tertiary/aromatic N) is 2. The molecule has 2 heterocycles. The molecule has 1 atom stereocenters. The molecule has 1 aromatic carbocycles. The average molecular weight is 356 g/mol. The van der Waals surface area contributed by atoms with Crippen LogP contribution in [0.1, 0.15) is 16.8 Å². The zero-order valence-corrected chi connectivity index (χ0v) is 15.1. The van der Waals surface area contributed by atoms with Crippen molar-refractivity contribution in [3.63, 3.8) is 0 Å². The molecule has 1 aromatic rings. The van der Waals surface area contributed by atoms with E-state index < -0.39 is 0 Å². The summed E-state index contributed by atoms with van der Waals surface area (Å²) in [6.45, 7) is 5.56. The van der Waals surface area contributed by atoms with Gasteiger partial charge in [-0.05, 0) is 25.1 Å². The molecule has 0 aliphatic carbocycles. The summed E-state index contributed by atoms with van der Waals surface area (Å²) in [5.41, 5.74) is 0.572. The standard InChI is InChI=1S/C17H25N3O3.ClH/c1-22-15-5-3-4-14(16(15)23-2)17(21)20-10-8-19(9-11-20)13-6-7-18-12-13;/h3-5,13,18H,6-12H2,1-2H3;1H. The summed E-state index contributed by atoms with van der Waals surface area (Å²) in [5, 5.41) is 3.40. The molecule has 0 bridgehead atoms. The molecule has 7 heteroatoms. The van der Waals surface area contributed by atoms with Crippen molar-refractivity contribution in [3.8, 4) is 11.5 Å². The minimum Gasteiger partial charge on any atom is -0.493 e. The highest BCUT2D eigenvalue weighted by Gasteiger charge is 2.29. The van der Waals surface area contributed by atoms with Crippen LogP contribution in [0.3, 0.4) is 0 Å². The van der Waals surface area contributed by atoms with E-state index in [4.69, 9.17) is 9.47 Å². The number of rotatable bonds is 4. The van der Waals surface area contributed by atoms with Crippen LogP contribution in [0, 0.1) is 0 Å². The van der Waals surface area contributed by atoms with Crippen LogP contribution in [0.15, 0.2) is 18.2 Å². The topological polar surface area (TPSA) is 54.0 Å². The molecule has 1 amide bonds. The number of hydrogen-bond donors (Lipinski definition) is 1. The normalized spacial score (nSPS) is 21.2. The van der Waals surface area contributed by atoms with Gasteiger partial charge in [0.05, 0.1) is 19.8 Å². The van der Waals surface area contributed by atoms with Gasteiger partial charge in [-0.2, -0.15) is 0 Å². The number of piperazine rings is 1. The number of ether oxygens (including phenoxy) is 2. The first kappa shape index (κ1) is 18.8. The molecule has 0 saturated carbocycles. The first-order valence-corrected chi connectivity index (χ1v) is 8.19. The Morgan fingerprint density at radius 1 is 1.17 bits per heavy atom. The van der Waals surface area contributed by atoms with Crippen molar-refractivity contribution >= 4 is 18.3 Å². The van der Waals surface area contributed by atoms with Crippen LogP contribution in [0.5, 0.6) is 11.5 Å². The Morgan fingerprint density at radius 2 is 1.92 bits per heavy atom. The van der Waals surface area contributed by atoms with E-state index >= 15 is 0 Å². The molecule has 0 aromatic heterocycles. The minimum atomic E-state index is 0. The monoisotopic (exact) mass is 355 g/mol. The van der Waals surface area contributed by atoms with Gasteiger partial charge in [-0.1, -0.05) is 6.07 Å². The van der Waals surface area contributed by atoms with Crippen LogP contribution in [0.4, 0.5) is 0 Å². The van der Waals surface area contributed by atoms with Gasteiger partial charge in [0.1, 0.15) is 0 Å². The van der Waals surface area contributed by atoms with Crippen molar-refractivity contribution < 1.29 is 14.3 Å². The van der Waals surface area contributed by atoms with Crippen LogP contribution >= 0.6 is 12.4 Å². The summed E-state index contributed by atoms with van der Waals surface area (Å²) in [7, 11) is 3.15. The molecule has 1 unspecified atom stereocenters. The highest BCUT2D eigenvalue weighted by Crippen LogP contribution is 2.31. The summed E-state index contributed by atoms with van der Waals surface area (Å²) in [4.78, 5) is 17.2. The fraction of sp³-hybridized carbons (Fsp3) is 0.588. The Balaban J connectivity index is 0.00000208. The van der Waals surface area contributed by atoms with Crippen molar-refractivity contribution in [1.82, 2.24) is 15.1 Å². The second-order valence-electron chi connectivity index (χ2n) is 6.02. The minimum absolute atomic E-state index is 0. The molecule has 2 aliphatic rings. The number of nitrogens with one attached hydrogen (secondary N) is 1. The van der Waals surface area contributed by atoms with E-state index in [1.807, 2.05) is 11.0 Å². The molecule has 2 aliphatic heterocycles. The maximum Gasteiger partial charge on any atom is 0.257 e. The van der Waals surface area contributed by atoms with Crippen molar-refractivity contribution in [3.05, 3.63) is 23.8 Å². The van der Waals surface area contributed by atoms with E-state index in [-0.39, 0.29) is 18.3 Å². The van der Waals surface area contributed by atoms with Gasteiger partial charge in [-0.3, -0.25) is 9.69 Å². The lowest BCUT2D eigenvalue weighted by molar-refractivity contribution is 0.0580. The van der Waals surface area contributed by atoms with Crippen molar-refractivity contribution in [2.24, 2.45) is 0 Å². The third-order valence-corrected chi connectivity index (χ3v) is 4.79. The first-order chi connectivity index (χ1) is 11.2. The smallest absolute Gasteiger partial charge is 0.257 e. The predicted octanol–water partition coefficient (Wildman–Crippen LogP) is 1.25. The van der Waals surface area contributed by atoms with E-state index in [0.717, 1.165) is 39.3 Å². The Labute approximate surface area is 149 Å². The maximum absolute atomic E-state index is 12.8. The van der Waals surface area contributed by atoms with Gasteiger partial charge in [-0.15, -0.1) is 12.4 Å². The number of para-hydroxylation sites is 1. The largest absolute Gasteiger partial charge is 0.493 e. The van der Waals surface area contributed by atoms with Gasteiger partial charge in [0.2, 0.25) is 0 Å². The lowest BCUT2D eigenvalue weighted by atomic mass is 10.1. The molecule has 6 nitrogen and oxygen atoms in total. The Bertz CT molecular complexity index is 556. The Morgan fingerprint density at radius 3 is 2.50 bits per heavy atom. The van der Waals surface area contributed by atoms with Crippen LogP contribution in [-0.4, -0.2) is 75.2 Å². The first-order valence-electron chi connectivity index (χ1n) is 8.19. The molecule has 1 N–H and O–H groups in total. The van der Waals surface area contributed by atoms with Crippen LogP contribution in [0.25, 0.3) is 0 Å². The second-order valence-corrected chi connectivity index (χ2v) is 6.02. The molecule has 2 saturated heterocycles. The fourth-order valence-electron chi connectivity index (χ4n) is 3.47. The van der Waals surface area contributed by atoms with Crippen molar-refractivity contribution in [1.29, 1.82) is 0 Å². The van der Waals surface area contributed by atoms with Gasteiger partial charge in [0, 0.05) is 38.8 Å². The summed E-state index contributed by atoms with van der Waals surface area (Å²) in [6, 6.07) is 6.06. The van der Waals surface area contributed by atoms with E-state index in [1.54, 1.807) is 26.4 Å². The predicted molar refractivity (Wildman–Crippen MR) is 95.5 cm³/mol. The maximum atomic E-state index is 12.8. The molecule has 24 heavy (non-hydrogen) atoms. The zero-order chi connectivity index (χ0) is 16.2. The lowest BCUT2D eigenvalue weighted by Gasteiger charge is -2.38. The SMILES string of the molecule is COc1cccc(C(=O)N2CCN(C3CCNC3)CC2)c1OC.Cl. The van der Waals surface area contributed by atoms with Crippen LogP contribution in [0.2, 0.25) is 0 Å². The van der Waals surface area contributed by atoms with Gasteiger partial charge in [-0.25, -0.2) is 0 Å². The van der Waals surface area contributed by atoms with E-state index in [1.165, 1.54) is 6.42 Å². The quantitative estimate of drug-likeness (QED) is 0.880. The number of benzene rings is 1. The lowest BCUT2D eigenvalue weighted by Crippen LogP contribution is -2.52. The summed E-state index contributed by atoms with van der Waals surface area (Å²) >= 11 is 0. The zero-order valence-electron chi connectivity index (χ0n) is 14.3. The number of amides is 1. The molecular weight excluding hydrogens is 330 g/mol. The highest BCUT2D eigenvalue weighted by atomic mass is 35.5. The highest BCUT2D eigenvalue weighted by molar-refractivity contribution is 5.97. The van der Waals surface area contributed by atoms with E-state index in [9.17, 15) is 4.79 Å². The number of carbonyl (C=O) groups excluding carboxylic acids is 1.